The summed E-state index contributed by atoms with van der Waals surface area (Å²) < 4.78 is 1.72. The first-order valence-corrected chi connectivity index (χ1v) is 9.62. The Hall–Kier alpha value is -3.20. The molecule has 0 bridgehead atoms. The topological polar surface area (TPSA) is 103 Å². The van der Waals surface area contributed by atoms with Crippen molar-refractivity contribution in [2.24, 2.45) is 7.05 Å². The summed E-state index contributed by atoms with van der Waals surface area (Å²) in [4.78, 5) is 22.7. The van der Waals surface area contributed by atoms with Gasteiger partial charge in [-0.1, -0.05) is 43.0 Å². The van der Waals surface area contributed by atoms with E-state index in [4.69, 9.17) is 0 Å². The van der Waals surface area contributed by atoms with Gasteiger partial charge in [0.2, 0.25) is 5.91 Å². The number of anilines is 1. The number of amides is 1. The molecule has 8 nitrogen and oxygen atoms in total. The van der Waals surface area contributed by atoms with E-state index in [1.165, 1.54) is 29.5 Å². The predicted molar refractivity (Wildman–Crippen MR) is 108 cm³/mol. The lowest BCUT2D eigenvalue weighted by molar-refractivity contribution is -0.384. The normalized spacial score (nSPS) is 10.6. The van der Waals surface area contributed by atoms with Crippen LogP contribution in [0, 0.1) is 10.1 Å². The Morgan fingerprint density at radius 3 is 2.64 bits per heavy atom. The molecule has 0 unspecified atom stereocenters. The number of nitrogens with one attached hydrogen (secondary N) is 1. The van der Waals surface area contributed by atoms with E-state index in [9.17, 15) is 14.9 Å². The van der Waals surface area contributed by atoms with Crippen LogP contribution in [0.15, 0.2) is 53.7 Å². The Labute approximate surface area is 166 Å². The SMILES string of the molecule is CCc1ccc(NC(=O)CSc2nnc(-c3cccc([N+](=O)[O-])c3)n2C)cc1. The summed E-state index contributed by atoms with van der Waals surface area (Å²) in [5, 5.41) is 22.6. The number of carbonyl (C=O) groups excluding carboxylic acids is 1. The van der Waals surface area contributed by atoms with Gasteiger partial charge in [0.15, 0.2) is 11.0 Å². The molecule has 0 aliphatic carbocycles. The predicted octanol–water partition coefficient (Wildman–Crippen LogP) is 3.68. The van der Waals surface area contributed by atoms with Crippen LogP contribution in [0.3, 0.4) is 0 Å². The summed E-state index contributed by atoms with van der Waals surface area (Å²) in [6.07, 6.45) is 0.948. The molecule has 1 amide bonds. The van der Waals surface area contributed by atoms with Crippen molar-refractivity contribution in [3.8, 4) is 11.4 Å². The van der Waals surface area contributed by atoms with Gasteiger partial charge in [-0.2, -0.15) is 0 Å². The molecular weight excluding hydrogens is 378 g/mol. The molecule has 3 aromatic rings. The van der Waals surface area contributed by atoms with E-state index >= 15 is 0 Å². The van der Waals surface area contributed by atoms with E-state index in [2.05, 4.69) is 22.4 Å². The van der Waals surface area contributed by atoms with Gasteiger partial charge in [-0.25, -0.2) is 0 Å². The van der Waals surface area contributed by atoms with Gasteiger partial charge in [0.1, 0.15) is 0 Å². The van der Waals surface area contributed by atoms with Crippen LogP contribution in [0.5, 0.6) is 0 Å². The third-order valence-electron chi connectivity index (χ3n) is 4.13. The van der Waals surface area contributed by atoms with Gasteiger partial charge < -0.3 is 9.88 Å². The lowest BCUT2D eigenvalue weighted by Gasteiger charge is -2.06. The van der Waals surface area contributed by atoms with Gasteiger partial charge in [-0.3, -0.25) is 14.9 Å². The highest BCUT2D eigenvalue weighted by atomic mass is 32.2. The summed E-state index contributed by atoms with van der Waals surface area (Å²) >= 11 is 1.25. The Kier molecular flexibility index (Phi) is 6.05. The second kappa shape index (κ2) is 8.66. The van der Waals surface area contributed by atoms with Crippen molar-refractivity contribution in [1.29, 1.82) is 0 Å². The summed E-state index contributed by atoms with van der Waals surface area (Å²) in [5.74, 6) is 0.534. The number of aryl methyl sites for hydroxylation is 1. The molecule has 9 heteroatoms. The summed E-state index contributed by atoms with van der Waals surface area (Å²) in [6.45, 7) is 2.08. The number of rotatable bonds is 7. The molecule has 144 valence electrons. The van der Waals surface area contributed by atoms with E-state index in [-0.39, 0.29) is 17.3 Å². The molecule has 0 aliphatic rings. The molecule has 0 saturated carbocycles. The third-order valence-corrected chi connectivity index (χ3v) is 5.15. The number of non-ortho nitro benzene ring substituents is 1. The molecule has 0 spiro atoms. The van der Waals surface area contributed by atoms with E-state index < -0.39 is 4.92 Å². The van der Waals surface area contributed by atoms with E-state index in [1.807, 2.05) is 24.3 Å². The first-order valence-electron chi connectivity index (χ1n) is 8.63. The quantitative estimate of drug-likeness (QED) is 0.371. The zero-order valence-electron chi connectivity index (χ0n) is 15.5. The smallest absolute Gasteiger partial charge is 0.270 e. The first-order chi connectivity index (χ1) is 13.5. The number of hydrogen-bond donors (Lipinski definition) is 1. The number of benzene rings is 2. The molecule has 0 aliphatic heterocycles. The number of thioether (sulfide) groups is 1. The summed E-state index contributed by atoms with van der Waals surface area (Å²) in [7, 11) is 1.76. The van der Waals surface area contributed by atoms with Gasteiger partial charge >= 0.3 is 0 Å². The van der Waals surface area contributed by atoms with Crippen LogP contribution >= 0.6 is 11.8 Å². The largest absolute Gasteiger partial charge is 0.325 e. The number of nitro groups is 1. The molecule has 2 aromatic carbocycles. The van der Waals surface area contributed by atoms with Crippen molar-refractivity contribution in [3.05, 3.63) is 64.2 Å². The maximum absolute atomic E-state index is 12.2. The zero-order valence-corrected chi connectivity index (χ0v) is 16.3. The number of nitro benzene ring substituents is 1. The standard InChI is InChI=1S/C19H19N5O3S/c1-3-13-7-9-15(10-8-13)20-17(25)12-28-19-22-21-18(23(19)2)14-5-4-6-16(11-14)24(26)27/h4-11H,3,12H2,1-2H3,(H,20,25). The molecule has 0 fully saturated rings. The van der Waals surface area contributed by atoms with Crippen molar-refractivity contribution >= 4 is 29.0 Å². The number of nitrogens with zero attached hydrogens (tertiary/aromatic N) is 4. The lowest BCUT2D eigenvalue weighted by Crippen LogP contribution is -2.14. The van der Waals surface area contributed by atoms with E-state index in [1.54, 1.807) is 23.7 Å². The summed E-state index contributed by atoms with van der Waals surface area (Å²) in [5.41, 5.74) is 2.54. The molecule has 0 atom stereocenters. The van der Waals surface area contributed by atoms with Crippen LogP contribution in [0.4, 0.5) is 11.4 Å². The molecule has 1 heterocycles. The van der Waals surface area contributed by atoms with Crippen LogP contribution in [0.25, 0.3) is 11.4 Å². The van der Waals surface area contributed by atoms with Gasteiger partial charge in [0.25, 0.3) is 5.69 Å². The highest BCUT2D eigenvalue weighted by Crippen LogP contribution is 2.25. The molecule has 28 heavy (non-hydrogen) atoms. The second-order valence-corrected chi connectivity index (χ2v) is 7.00. The first kappa shape index (κ1) is 19.6. The molecule has 3 rings (SSSR count). The minimum absolute atomic E-state index is 0.0110. The Morgan fingerprint density at radius 1 is 1.21 bits per heavy atom. The minimum atomic E-state index is -0.451. The van der Waals surface area contributed by atoms with Gasteiger partial charge in [0.05, 0.1) is 10.7 Å². The van der Waals surface area contributed by atoms with Crippen molar-refractivity contribution in [2.45, 2.75) is 18.5 Å². The van der Waals surface area contributed by atoms with E-state index in [0.717, 1.165) is 12.1 Å². The minimum Gasteiger partial charge on any atom is -0.325 e. The fraction of sp³-hybridized carbons (Fsp3) is 0.211. The Balaban J connectivity index is 1.64. The molecule has 0 saturated heterocycles. The van der Waals surface area contributed by atoms with Gasteiger partial charge in [-0.05, 0) is 24.1 Å². The highest BCUT2D eigenvalue weighted by Gasteiger charge is 2.15. The average molecular weight is 397 g/mol. The van der Waals surface area contributed by atoms with E-state index in [0.29, 0.717) is 16.5 Å². The third kappa shape index (κ3) is 4.55. The monoisotopic (exact) mass is 397 g/mol. The van der Waals surface area contributed by atoms with Crippen molar-refractivity contribution in [1.82, 2.24) is 14.8 Å². The van der Waals surface area contributed by atoms with Crippen LogP contribution in [0.1, 0.15) is 12.5 Å². The molecule has 1 N–H and O–H groups in total. The number of aromatic nitrogens is 3. The molecule has 0 radical (unpaired) electrons. The summed E-state index contributed by atoms with van der Waals surface area (Å²) in [6, 6.07) is 13.9. The van der Waals surface area contributed by atoms with Crippen LogP contribution in [-0.2, 0) is 18.3 Å². The van der Waals surface area contributed by atoms with Gasteiger partial charge in [0, 0.05) is 30.4 Å². The van der Waals surface area contributed by atoms with Crippen molar-refractivity contribution in [3.63, 3.8) is 0 Å². The lowest BCUT2D eigenvalue weighted by atomic mass is 10.1. The highest BCUT2D eigenvalue weighted by molar-refractivity contribution is 7.99. The average Bonchev–Trinajstić information content (AvgIpc) is 3.07. The van der Waals surface area contributed by atoms with Crippen LogP contribution in [-0.4, -0.2) is 31.3 Å². The Bertz CT molecular complexity index is 1000. The van der Waals surface area contributed by atoms with Crippen molar-refractivity contribution < 1.29 is 9.72 Å². The fourth-order valence-electron chi connectivity index (χ4n) is 2.60. The molecular formula is C19H19N5O3S. The Morgan fingerprint density at radius 2 is 1.96 bits per heavy atom. The number of carbonyl (C=O) groups is 1. The fourth-order valence-corrected chi connectivity index (χ4v) is 3.31. The second-order valence-electron chi connectivity index (χ2n) is 6.06. The zero-order chi connectivity index (χ0) is 20.1. The maximum Gasteiger partial charge on any atom is 0.270 e. The van der Waals surface area contributed by atoms with Crippen molar-refractivity contribution in [2.75, 3.05) is 11.1 Å². The van der Waals surface area contributed by atoms with Crippen LogP contribution in [0.2, 0.25) is 0 Å². The van der Waals surface area contributed by atoms with Gasteiger partial charge in [-0.15, -0.1) is 10.2 Å². The van der Waals surface area contributed by atoms with Crippen LogP contribution < -0.4 is 5.32 Å². The maximum atomic E-state index is 12.2. The number of hydrogen-bond acceptors (Lipinski definition) is 6. The molecule has 1 aromatic heterocycles.